The molecule has 0 aliphatic carbocycles. The molecule has 2 atom stereocenters. The van der Waals surface area contributed by atoms with E-state index in [0.717, 1.165) is 0 Å². The maximum atomic E-state index is 12.7. The van der Waals surface area contributed by atoms with E-state index in [9.17, 15) is 13.2 Å². The Balaban J connectivity index is 2.22. The molecular weight excluding hydrogens is 245 g/mol. The molecule has 18 heavy (non-hydrogen) atoms. The van der Waals surface area contributed by atoms with E-state index >= 15 is 0 Å². The lowest BCUT2D eigenvalue weighted by Crippen LogP contribution is -2.33. The second kappa shape index (κ2) is 4.87. The van der Waals surface area contributed by atoms with Gasteiger partial charge in [0.2, 0.25) is 0 Å². The zero-order chi connectivity index (χ0) is 13.3. The summed E-state index contributed by atoms with van der Waals surface area (Å²) in [6.07, 6.45) is -3.00. The summed E-state index contributed by atoms with van der Waals surface area (Å²) in [5.74, 6) is 0.0480. The van der Waals surface area contributed by atoms with Crippen molar-refractivity contribution in [2.45, 2.75) is 44.8 Å². The predicted molar refractivity (Wildman–Crippen MR) is 60.0 cm³/mol. The van der Waals surface area contributed by atoms with E-state index in [-0.39, 0.29) is 18.9 Å². The molecule has 0 bridgehead atoms. The fourth-order valence-electron chi connectivity index (χ4n) is 2.36. The molecule has 1 aromatic heterocycles. The van der Waals surface area contributed by atoms with Crippen molar-refractivity contribution in [1.82, 2.24) is 14.8 Å². The zero-order valence-electron chi connectivity index (χ0n) is 10.2. The molecule has 0 saturated heterocycles. The van der Waals surface area contributed by atoms with Crippen LogP contribution in [-0.2, 0) is 13.0 Å². The quantitative estimate of drug-likeness (QED) is 0.904. The number of hydrogen-bond acceptors (Lipinski definition) is 3. The van der Waals surface area contributed by atoms with Crippen LogP contribution in [0, 0.1) is 5.92 Å². The van der Waals surface area contributed by atoms with Crippen LogP contribution in [0.2, 0.25) is 0 Å². The number of fused-ring (bicyclic) bond motifs is 1. The first-order valence-corrected chi connectivity index (χ1v) is 6.12. The van der Waals surface area contributed by atoms with Gasteiger partial charge in [0.15, 0.2) is 0 Å². The van der Waals surface area contributed by atoms with Crippen LogP contribution < -0.4 is 5.73 Å². The highest BCUT2D eigenvalue weighted by molar-refractivity contribution is 5.05. The molecule has 1 aromatic rings. The van der Waals surface area contributed by atoms with Gasteiger partial charge < -0.3 is 10.3 Å². The second-order valence-corrected chi connectivity index (χ2v) is 4.84. The van der Waals surface area contributed by atoms with Crippen LogP contribution in [0.4, 0.5) is 13.2 Å². The summed E-state index contributed by atoms with van der Waals surface area (Å²) in [7, 11) is 0. The highest BCUT2D eigenvalue weighted by Gasteiger charge is 2.42. The monoisotopic (exact) mass is 262 g/mol. The molecule has 102 valence electrons. The fourth-order valence-corrected chi connectivity index (χ4v) is 2.36. The zero-order valence-corrected chi connectivity index (χ0v) is 10.2. The Morgan fingerprint density at radius 1 is 1.44 bits per heavy atom. The molecule has 1 aliphatic rings. The molecule has 2 heterocycles. The molecule has 0 radical (unpaired) electrons. The SMILES string of the molecule is CC(CCN)c1nnc2n1CC(C(F)(F)F)CC2. The van der Waals surface area contributed by atoms with Crippen molar-refractivity contribution in [1.29, 1.82) is 0 Å². The molecule has 0 aromatic carbocycles. The van der Waals surface area contributed by atoms with Gasteiger partial charge >= 0.3 is 6.18 Å². The molecule has 4 nitrogen and oxygen atoms in total. The van der Waals surface area contributed by atoms with Crippen molar-refractivity contribution < 1.29 is 13.2 Å². The standard InChI is InChI=1S/C11H17F3N4/c1-7(4-5-15)10-17-16-9-3-2-8(6-18(9)10)11(12,13)14/h7-8H,2-6,15H2,1H3. The topological polar surface area (TPSA) is 56.7 Å². The smallest absolute Gasteiger partial charge is 0.330 e. The first-order valence-electron chi connectivity index (χ1n) is 6.12. The summed E-state index contributed by atoms with van der Waals surface area (Å²) in [6.45, 7) is 2.35. The average molecular weight is 262 g/mol. The molecule has 1 aliphatic heterocycles. The van der Waals surface area contributed by atoms with Gasteiger partial charge in [0.05, 0.1) is 5.92 Å². The van der Waals surface area contributed by atoms with Gasteiger partial charge in [-0.2, -0.15) is 13.2 Å². The van der Waals surface area contributed by atoms with Crippen molar-refractivity contribution in [3.05, 3.63) is 11.6 Å². The van der Waals surface area contributed by atoms with Crippen LogP contribution in [0.25, 0.3) is 0 Å². The number of aromatic nitrogens is 3. The van der Waals surface area contributed by atoms with Gasteiger partial charge in [0.25, 0.3) is 0 Å². The van der Waals surface area contributed by atoms with E-state index in [4.69, 9.17) is 5.73 Å². The molecule has 0 fully saturated rings. The average Bonchev–Trinajstić information content (AvgIpc) is 2.70. The molecule has 0 spiro atoms. The third kappa shape index (κ3) is 2.50. The summed E-state index contributed by atoms with van der Waals surface area (Å²) < 4.78 is 39.9. The van der Waals surface area contributed by atoms with E-state index in [0.29, 0.717) is 31.0 Å². The minimum atomic E-state index is -4.14. The van der Waals surface area contributed by atoms with Gasteiger partial charge in [-0.1, -0.05) is 6.92 Å². The summed E-state index contributed by atoms with van der Waals surface area (Å²) in [5, 5.41) is 8.00. The normalized spacial score (nSPS) is 21.7. The van der Waals surface area contributed by atoms with E-state index in [1.807, 2.05) is 6.92 Å². The van der Waals surface area contributed by atoms with E-state index < -0.39 is 12.1 Å². The first kappa shape index (κ1) is 13.3. The van der Waals surface area contributed by atoms with Crippen LogP contribution >= 0.6 is 0 Å². The third-order valence-electron chi connectivity index (χ3n) is 3.48. The Kier molecular flexibility index (Phi) is 3.61. The van der Waals surface area contributed by atoms with Gasteiger partial charge in [0.1, 0.15) is 11.6 Å². The maximum absolute atomic E-state index is 12.7. The number of nitrogens with two attached hydrogens (primary N) is 1. The molecule has 2 unspecified atom stereocenters. The van der Waals surface area contributed by atoms with Gasteiger partial charge in [-0.25, -0.2) is 0 Å². The van der Waals surface area contributed by atoms with E-state index in [1.165, 1.54) is 0 Å². The Bertz CT molecular complexity index is 413. The molecule has 2 rings (SSSR count). The van der Waals surface area contributed by atoms with Crippen molar-refractivity contribution in [2.75, 3.05) is 6.54 Å². The lowest BCUT2D eigenvalue weighted by Gasteiger charge is -2.27. The Hall–Kier alpha value is -1.11. The summed E-state index contributed by atoms with van der Waals surface area (Å²) in [6, 6.07) is 0. The lowest BCUT2D eigenvalue weighted by atomic mass is 9.98. The van der Waals surface area contributed by atoms with E-state index in [2.05, 4.69) is 10.2 Å². The molecule has 7 heteroatoms. The van der Waals surface area contributed by atoms with Gasteiger partial charge in [0, 0.05) is 18.9 Å². The summed E-state index contributed by atoms with van der Waals surface area (Å²) in [5.41, 5.74) is 5.47. The number of rotatable bonds is 3. The van der Waals surface area contributed by atoms with Crippen molar-refractivity contribution in [3.8, 4) is 0 Å². The van der Waals surface area contributed by atoms with Crippen LogP contribution in [0.15, 0.2) is 0 Å². The number of alkyl halides is 3. The highest BCUT2D eigenvalue weighted by atomic mass is 19.4. The molecular formula is C11H17F3N4. The van der Waals surface area contributed by atoms with Crippen LogP contribution in [-0.4, -0.2) is 27.5 Å². The third-order valence-corrected chi connectivity index (χ3v) is 3.48. The minimum absolute atomic E-state index is 0.0447. The Morgan fingerprint density at radius 2 is 2.17 bits per heavy atom. The number of aryl methyl sites for hydroxylation is 1. The lowest BCUT2D eigenvalue weighted by molar-refractivity contribution is -0.182. The van der Waals surface area contributed by atoms with Crippen LogP contribution in [0.1, 0.15) is 37.3 Å². The summed E-state index contributed by atoms with van der Waals surface area (Å²) in [4.78, 5) is 0. The van der Waals surface area contributed by atoms with Crippen molar-refractivity contribution >= 4 is 0 Å². The Labute approximate surface area is 103 Å². The van der Waals surface area contributed by atoms with Gasteiger partial charge in [-0.05, 0) is 19.4 Å². The second-order valence-electron chi connectivity index (χ2n) is 4.84. The molecule has 0 saturated carbocycles. The van der Waals surface area contributed by atoms with Crippen LogP contribution in [0.5, 0.6) is 0 Å². The van der Waals surface area contributed by atoms with Gasteiger partial charge in [-0.15, -0.1) is 10.2 Å². The summed E-state index contributed by atoms with van der Waals surface area (Å²) >= 11 is 0. The maximum Gasteiger partial charge on any atom is 0.393 e. The fraction of sp³-hybridized carbons (Fsp3) is 0.818. The number of halogens is 3. The first-order chi connectivity index (χ1) is 8.43. The molecule has 2 N–H and O–H groups in total. The molecule has 0 amide bonds. The number of hydrogen-bond donors (Lipinski definition) is 1. The largest absolute Gasteiger partial charge is 0.393 e. The predicted octanol–water partition coefficient (Wildman–Crippen LogP) is 1.86. The highest BCUT2D eigenvalue weighted by Crippen LogP contribution is 2.35. The van der Waals surface area contributed by atoms with E-state index in [1.54, 1.807) is 4.57 Å². The number of nitrogens with zero attached hydrogens (tertiary/aromatic N) is 3. The van der Waals surface area contributed by atoms with Crippen molar-refractivity contribution in [3.63, 3.8) is 0 Å². The van der Waals surface area contributed by atoms with Crippen LogP contribution in [0.3, 0.4) is 0 Å². The Morgan fingerprint density at radius 3 is 2.78 bits per heavy atom. The minimum Gasteiger partial charge on any atom is -0.330 e. The van der Waals surface area contributed by atoms with Gasteiger partial charge in [-0.3, -0.25) is 0 Å². The van der Waals surface area contributed by atoms with Crippen molar-refractivity contribution in [2.24, 2.45) is 11.7 Å².